The van der Waals surface area contributed by atoms with Gasteiger partial charge in [0.05, 0.1) is 19.1 Å². The molecule has 166 valence electrons. The molecule has 0 saturated heterocycles. The van der Waals surface area contributed by atoms with Crippen LogP contribution >= 0.6 is 11.3 Å². The van der Waals surface area contributed by atoms with Gasteiger partial charge in [-0.2, -0.15) is 13.2 Å². The summed E-state index contributed by atoms with van der Waals surface area (Å²) in [5.41, 5.74) is -2.36. The lowest BCUT2D eigenvalue weighted by molar-refractivity contribution is -0.275. The Morgan fingerprint density at radius 3 is 2.61 bits per heavy atom. The van der Waals surface area contributed by atoms with Crippen LogP contribution in [0.2, 0.25) is 0 Å². The minimum absolute atomic E-state index is 0.0344. The molecule has 0 bridgehead atoms. The monoisotopic (exact) mass is 452 g/mol. The number of ether oxygens (including phenoxy) is 1. The summed E-state index contributed by atoms with van der Waals surface area (Å²) in [6.45, 7) is 0. The molecule has 3 rings (SSSR count). The number of carbonyl (C=O) groups excluding carboxylic acids is 1. The van der Waals surface area contributed by atoms with E-state index >= 15 is 0 Å². The van der Waals surface area contributed by atoms with Crippen LogP contribution in [-0.4, -0.2) is 41.2 Å². The van der Waals surface area contributed by atoms with Crippen LogP contribution in [0.15, 0.2) is 42.5 Å². The molecule has 1 aliphatic rings. The van der Waals surface area contributed by atoms with Crippen molar-refractivity contribution in [2.24, 2.45) is 11.8 Å². The number of aliphatic hydroxyl groups excluding tert-OH is 1. The molecule has 0 unspecified atom stereocenters. The van der Waals surface area contributed by atoms with Crippen LogP contribution in [-0.2, 0) is 11.2 Å². The summed E-state index contributed by atoms with van der Waals surface area (Å²) in [6, 6.07) is 12.2. The van der Waals surface area contributed by atoms with E-state index in [-0.39, 0.29) is 6.42 Å². The van der Waals surface area contributed by atoms with E-state index in [4.69, 9.17) is 0 Å². The number of esters is 1. The average Bonchev–Trinajstić information content (AvgIpc) is 3.29. The summed E-state index contributed by atoms with van der Waals surface area (Å²) < 4.78 is 45.8. The third-order valence-electron chi connectivity index (χ3n) is 5.62. The van der Waals surface area contributed by atoms with Crippen LogP contribution in [0.25, 0.3) is 0 Å². The third-order valence-corrected chi connectivity index (χ3v) is 6.74. The fraction of sp³-hybridized carbons (Fsp3) is 0.435. The van der Waals surface area contributed by atoms with Crippen molar-refractivity contribution >= 4 is 17.3 Å². The molecule has 4 nitrogen and oxygen atoms in total. The molecule has 0 spiro atoms. The van der Waals surface area contributed by atoms with E-state index in [9.17, 15) is 28.2 Å². The lowest BCUT2D eigenvalue weighted by Gasteiger charge is -2.33. The summed E-state index contributed by atoms with van der Waals surface area (Å²) in [7, 11) is 1.28. The highest BCUT2D eigenvalue weighted by Crippen LogP contribution is 2.51. The number of hydrogen-bond acceptors (Lipinski definition) is 5. The molecule has 8 heteroatoms. The highest BCUT2D eigenvalue weighted by atomic mass is 32.1. The predicted octanol–water partition coefficient (Wildman–Crippen LogP) is 4.20. The molecule has 0 aliphatic heterocycles. The number of hydrogen-bond donors (Lipinski definition) is 2. The van der Waals surface area contributed by atoms with Gasteiger partial charge in [-0.3, -0.25) is 0 Å². The number of benzene rings is 1. The van der Waals surface area contributed by atoms with Gasteiger partial charge in [0.1, 0.15) is 4.88 Å². The van der Waals surface area contributed by atoms with Crippen molar-refractivity contribution < 1.29 is 32.9 Å². The molecule has 2 N–H and O–H groups in total. The van der Waals surface area contributed by atoms with Crippen molar-refractivity contribution in [1.29, 1.82) is 0 Å². The zero-order chi connectivity index (χ0) is 22.6. The number of rotatable bonds is 5. The van der Waals surface area contributed by atoms with E-state index in [1.54, 1.807) is 42.5 Å². The largest absolute Gasteiger partial charge is 0.465 e. The topological polar surface area (TPSA) is 66.8 Å². The van der Waals surface area contributed by atoms with Gasteiger partial charge >= 0.3 is 12.1 Å². The molecule has 1 aliphatic carbocycles. The highest BCUT2D eigenvalue weighted by Gasteiger charge is 2.65. The van der Waals surface area contributed by atoms with Gasteiger partial charge in [0, 0.05) is 22.8 Å². The van der Waals surface area contributed by atoms with Crippen molar-refractivity contribution in [1.82, 2.24) is 0 Å². The number of halogens is 3. The minimum atomic E-state index is -4.87. The molecular weight excluding hydrogens is 429 g/mol. The summed E-state index contributed by atoms with van der Waals surface area (Å²) >= 11 is 1.23. The summed E-state index contributed by atoms with van der Waals surface area (Å²) in [5.74, 6) is 2.90. The summed E-state index contributed by atoms with van der Waals surface area (Å²) in [5, 5.41) is 20.9. The van der Waals surface area contributed by atoms with Crippen LogP contribution in [0.4, 0.5) is 13.2 Å². The molecule has 4 atom stereocenters. The first-order chi connectivity index (χ1) is 14.7. The Hall–Kier alpha value is -2.34. The van der Waals surface area contributed by atoms with Gasteiger partial charge in [-0.05, 0) is 43.5 Å². The molecule has 0 radical (unpaired) electrons. The summed E-state index contributed by atoms with van der Waals surface area (Å²) in [4.78, 5) is 12.8. The zero-order valence-electron chi connectivity index (χ0n) is 16.9. The van der Waals surface area contributed by atoms with Crippen LogP contribution in [0.1, 0.15) is 39.4 Å². The molecule has 1 aromatic carbocycles. The first-order valence-corrected chi connectivity index (χ1v) is 10.7. The Morgan fingerprint density at radius 1 is 1.26 bits per heavy atom. The Bertz CT molecular complexity index is 960. The molecule has 1 fully saturated rings. The van der Waals surface area contributed by atoms with Gasteiger partial charge in [-0.1, -0.05) is 30.0 Å². The fourth-order valence-corrected chi connectivity index (χ4v) is 4.98. The quantitative estimate of drug-likeness (QED) is 0.527. The van der Waals surface area contributed by atoms with Crippen LogP contribution in [0, 0.1) is 23.7 Å². The number of carbonyl (C=O) groups is 1. The average molecular weight is 452 g/mol. The maximum Gasteiger partial charge on any atom is 0.417 e. The normalized spacial score (nSPS) is 25.7. The SMILES string of the molecule is COC(=O)c1ccc(CCC[C@@H]2[C@@H](C#Cc3ccccc3)[C@H](O)C[C@@]2(O)C(F)(F)F)s1. The molecular formula is C23H23F3O4S. The van der Waals surface area contributed by atoms with E-state index in [1.165, 1.54) is 18.4 Å². The van der Waals surface area contributed by atoms with Gasteiger partial charge in [-0.15, -0.1) is 11.3 Å². The number of alkyl halides is 3. The van der Waals surface area contributed by atoms with Gasteiger partial charge < -0.3 is 14.9 Å². The van der Waals surface area contributed by atoms with Gasteiger partial charge in [-0.25, -0.2) is 4.79 Å². The number of thiophene rings is 1. The molecule has 1 aromatic heterocycles. The zero-order valence-corrected chi connectivity index (χ0v) is 17.7. The van der Waals surface area contributed by atoms with Crippen molar-refractivity contribution in [3.63, 3.8) is 0 Å². The van der Waals surface area contributed by atoms with Crippen molar-refractivity contribution in [3.8, 4) is 11.8 Å². The summed E-state index contributed by atoms with van der Waals surface area (Å²) in [6.07, 6.45) is -6.21. The maximum atomic E-state index is 13.7. The smallest absolute Gasteiger partial charge is 0.417 e. The fourth-order valence-electron chi connectivity index (χ4n) is 4.01. The second-order valence-electron chi connectivity index (χ2n) is 7.61. The van der Waals surface area contributed by atoms with Crippen LogP contribution in [0.5, 0.6) is 0 Å². The third kappa shape index (κ3) is 5.12. The molecule has 1 heterocycles. The number of methoxy groups -OCH3 is 1. The molecule has 0 amide bonds. The predicted molar refractivity (Wildman–Crippen MR) is 111 cm³/mol. The first kappa shape index (κ1) is 23.3. The second-order valence-corrected chi connectivity index (χ2v) is 8.78. The van der Waals surface area contributed by atoms with Crippen LogP contribution < -0.4 is 0 Å². The van der Waals surface area contributed by atoms with E-state index in [2.05, 4.69) is 16.6 Å². The minimum Gasteiger partial charge on any atom is -0.465 e. The number of aliphatic hydroxyl groups is 2. The van der Waals surface area contributed by atoms with Crippen molar-refractivity contribution in [3.05, 3.63) is 57.8 Å². The molecule has 31 heavy (non-hydrogen) atoms. The van der Waals surface area contributed by atoms with Crippen molar-refractivity contribution in [2.45, 2.75) is 43.6 Å². The van der Waals surface area contributed by atoms with E-state index < -0.39 is 42.1 Å². The van der Waals surface area contributed by atoms with Crippen LogP contribution in [0.3, 0.4) is 0 Å². The standard InChI is InChI=1S/C23H23F3O4S/c1-30-21(28)20-13-11-16(31-20)8-5-9-18-17(12-10-15-6-3-2-4-7-15)19(27)14-22(18,29)23(24,25)26/h2-4,6-7,11,13,17-19,27,29H,5,8-9,14H2,1H3/t17-,18-,19-,22+/m1/s1. The van der Waals surface area contributed by atoms with E-state index in [0.717, 1.165) is 4.88 Å². The Morgan fingerprint density at radius 2 is 1.97 bits per heavy atom. The maximum absolute atomic E-state index is 13.7. The Kier molecular flexibility index (Phi) is 7.10. The lowest BCUT2D eigenvalue weighted by Crippen LogP contribution is -2.49. The van der Waals surface area contributed by atoms with E-state index in [1.807, 2.05) is 0 Å². The first-order valence-electron chi connectivity index (χ1n) is 9.86. The van der Waals surface area contributed by atoms with E-state index in [0.29, 0.717) is 23.3 Å². The molecule has 1 saturated carbocycles. The lowest BCUT2D eigenvalue weighted by atomic mass is 9.81. The number of aryl methyl sites for hydroxylation is 1. The molecule has 2 aromatic rings. The second kappa shape index (κ2) is 9.43. The Labute approximate surface area is 182 Å². The van der Waals surface area contributed by atoms with Gasteiger partial charge in [0.25, 0.3) is 0 Å². The Balaban J connectivity index is 1.77. The van der Waals surface area contributed by atoms with Gasteiger partial charge in [0.2, 0.25) is 0 Å². The highest BCUT2D eigenvalue weighted by molar-refractivity contribution is 7.13. The van der Waals surface area contributed by atoms with Gasteiger partial charge in [0.15, 0.2) is 5.60 Å². The van der Waals surface area contributed by atoms with Crippen molar-refractivity contribution in [2.75, 3.05) is 7.11 Å².